The molecule has 3 rings (SSSR count). The lowest BCUT2D eigenvalue weighted by Crippen LogP contribution is -2.38. The van der Waals surface area contributed by atoms with E-state index in [2.05, 4.69) is 10.00 Å². The standard InChI is InChI=1S/C18H26N4O2/c1-21-17(5-8-20-21)16-13-14(19)3-4-18(16)24-12-11-22-9-6-15(23-2)7-10-22/h3-5,8,13,15H,6-7,9-12,19H2,1-2H3. The van der Waals surface area contributed by atoms with E-state index in [0.717, 1.165) is 55.2 Å². The highest BCUT2D eigenvalue weighted by Gasteiger charge is 2.18. The van der Waals surface area contributed by atoms with Crippen LogP contribution in [0.2, 0.25) is 0 Å². The Morgan fingerprint density at radius 1 is 1.25 bits per heavy atom. The quantitative estimate of drug-likeness (QED) is 0.822. The lowest BCUT2D eigenvalue weighted by atomic mass is 10.1. The summed E-state index contributed by atoms with van der Waals surface area (Å²) in [6.45, 7) is 3.72. The normalized spacial score (nSPS) is 16.4. The fourth-order valence-electron chi connectivity index (χ4n) is 3.17. The van der Waals surface area contributed by atoms with E-state index in [9.17, 15) is 0 Å². The van der Waals surface area contributed by atoms with E-state index in [1.54, 1.807) is 13.3 Å². The van der Waals surface area contributed by atoms with Crippen LogP contribution in [0, 0.1) is 0 Å². The number of ether oxygens (including phenoxy) is 2. The van der Waals surface area contributed by atoms with Crippen LogP contribution in [-0.4, -0.2) is 54.1 Å². The molecule has 6 heteroatoms. The summed E-state index contributed by atoms with van der Waals surface area (Å²) < 4.78 is 13.3. The molecule has 1 aromatic carbocycles. The number of rotatable bonds is 6. The van der Waals surface area contributed by atoms with Crippen LogP contribution >= 0.6 is 0 Å². The third-order valence-electron chi connectivity index (χ3n) is 4.63. The Morgan fingerprint density at radius 3 is 2.71 bits per heavy atom. The summed E-state index contributed by atoms with van der Waals surface area (Å²) in [6.07, 6.45) is 4.38. The zero-order valence-corrected chi connectivity index (χ0v) is 14.4. The van der Waals surface area contributed by atoms with Crippen molar-refractivity contribution >= 4 is 5.69 Å². The maximum Gasteiger partial charge on any atom is 0.128 e. The Morgan fingerprint density at radius 2 is 2.04 bits per heavy atom. The van der Waals surface area contributed by atoms with E-state index < -0.39 is 0 Å². The molecular formula is C18H26N4O2. The van der Waals surface area contributed by atoms with Gasteiger partial charge in [0.25, 0.3) is 0 Å². The Bertz CT molecular complexity index is 663. The molecule has 1 aliphatic rings. The van der Waals surface area contributed by atoms with E-state index in [-0.39, 0.29) is 0 Å². The molecule has 130 valence electrons. The summed E-state index contributed by atoms with van der Waals surface area (Å²) in [5, 5.41) is 4.23. The van der Waals surface area contributed by atoms with E-state index in [0.29, 0.717) is 12.7 Å². The average molecular weight is 330 g/mol. The maximum atomic E-state index is 6.06. The molecule has 6 nitrogen and oxygen atoms in total. The number of nitrogens with zero attached hydrogens (tertiary/aromatic N) is 3. The first kappa shape index (κ1) is 16.8. The van der Waals surface area contributed by atoms with Gasteiger partial charge in [0.15, 0.2) is 0 Å². The van der Waals surface area contributed by atoms with Gasteiger partial charge in [-0.2, -0.15) is 5.10 Å². The summed E-state index contributed by atoms with van der Waals surface area (Å²) in [5.74, 6) is 0.847. The number of aromatic nitrogens is 2. The van der Waals surface area contributed by atoms with Crippen LogP contribution in [-0.2, 0) is 11.8 Å². The Balaban J connectivity index is 1.61. The summed E-state index contributed by atoms with van der Waals surface area (Å²) in [5.41, 5.74) is 8.65. The zero-order chi connectivity index (χ0) is 16.9. The monoisotopic (exact) mass is 330 g/mol. The van der Waals surface area contributed by atoms with Crippen molar-refractivity contribution in [1.29, 1.82) is 0 Å². The number of piperidine rings is 1. The van der Waals surface area contributed by atoms with Crippen molar-refractivity contribution in [2.75, 3.05) is 39.1 Å². The minimum atomic E-state index is 0.413. The number of nitrogen functional groups attached to an aromatic ring is 1. The van der Waals surface area contributed by atoms with Crippen molar-refractivity contribution in [1.82, 2.24) is 14.7 Å². The van der Waals surface area contributed by atoms with Crippen molar-refractivity contribution in [3.8, 4) is 17.0 Å². The van der Waals surface area contributed by atoms with Crippen LogP contribution in [0.15, 0.2) is 30.5 Å². The second-order valence-corrected chi connectivity index (χ2v) is 6.22. The van der Waals surface area contributed by atoms with E-state index in [4.69, 9.17) is 15.2 Å². The van der Waals surface area contributed by atoms with Gasteiger partial charge in [-0.25, -0.2) is 0 Å². The van der Waals surface area contributed by atoms with Crippen LogP contribution < -0.4 is 10.5 Å². The summed E-state index contributed by atoms with van der Waals surface area (Å²) in [7, 11) is 3.72. The van der Waals surface area contributed by atoms with Gasteiger partial charge in [-0.15, -0.1) is 0 Å². The summed E-state index contributed by atoms with van der Waals surface area (Å²) in [4.78, 5) is 2.43. The molecule has 1 fully saturated rings. The fraction of sp³-hybridized carbons (Fsp3) is 0.500. The predicted octanol–water partition coefficient (Wildman–Crippen LogP) is 2.16. The number of anilines is 1. The topological polar surface area (TPSA) is 65.5 Å². The van der Waals surface area contributed by atoms with E-state index in [1.165, 1.54) is 0 Å². The van der Waals surface area contributed by atoms with Crippen molar-refractivity contribution in [3.05, 3.63) is 30.5 Å². The molecular weight excluding hydrogens is 304 g/mol. The minimum absolute atomic E-state index is 0.413. The second kappa shape index (κ2) is 7.68. The summed E-state index contributed by atoms with van der Waals surface area (Å²) in [6, 6.07) is 7.72. The molecule has 0 aliphatic carbocycles. The third-order valence-corrected chi connectivity index (χ3v) is 4.63. The van der Waals surface area contributed by atoms with Gasteiger partial charge in [0.05, 0.1) is 11.8 Å². The molecule has 0 radical (unpaired) electrons. The molecule has 1 aromatic heterocycles. The number of nitrogens with two attached hydrogens (primary N) is 1. The van der Waals surface area contributed by atoms with Crippen LogP contribution in [0.25, 0.3) is 11.3 Å². The largest absolute Gasteiger partial charge is 0.492 e. The lowest BCUT2D eigenvalue weighted by molar-refractivity contribution is 0.0375. The molecule has 0 spiro atoms. The first-order valence-electron chi connectivity index (χ1n) is 8.43. The number of benzene rings is 1. The number of methoxy groups -OCH3 is 1. The maximum absolute atomic E-state index is 6.06. The second-order valence-electron chi connectivity index (χ2n) is 6.22. The third kappa shape index (κ3) is 3.88. The Hall–Kier alpha value is -2.05. The van der Waals surface area contributed by atoms with Gasteiger partial charge >= 0.3 is 0 Å². The summed E-state index contributed by atoms with van der Waals surface area (Å²) >= 11 is 0. The van der Waals surface area contributed by atoms with Gasteiger partial charge in [-0.05, 0) is 37.1 Å². The minimum Gasteiger partial charge on any atom is -0.492 e. The molecule has 2 N–H and O–H groups in total. The highest BCUT2D eigenvalue weighted by Crippen LogP contribution is 2.31. The number of hydrogen-bond donors (Lipinski definition) is 1. The van der Waals surface area contributed by atoms with Crippen LogP contribution in [0.5, 0.6) is 5.75 Å². The molecule has 0 atom stereocenters. The molecule has 0 bridgehead atoms. The van der Waals surface area contributed by atoms with Crippen molar-refractivity contribution in [2.45, 2.75) is 18.9 Å². The molecule has 0 unspecified atom stereocenters. The molecule has 24 heavy (non-hydrogen) atoms. The molecule has 1 saturated heterocycles. The van der Waals surface area contributed by atoms with E-state index in [1.807, 2.05) is 36.0 Å². The molecule has 2 aromatic rings. The van der Waals surface area contributed by atoms with Crippen molar-refractivity contribution in [2.24, 2.45) is 7.05 Å². The molecule has 1 aliphatic heterocycles. The first-order chi connectivity index (χ1) is 11.7. The number of likely N-dealkylation sites (tertiary alicyclic amines) is 1. The van der Waals surface area contributed by atoms with Crippen LogP contribution in [0.1, 0.15) is 12.8 Å². The van der Waals surface area contributed by atoms with Gasteiger partial charge in [0, 0.05) is 51.2 Å². The predicted molar refractivity (Wildman–Crippen MR) is 95.0 cm³/mol. The number of aryl methyl sites for hydroxylation is 1. The van der Waals surface area contributed by atoms with Crippen molar-refractivity contribution < 1.29 is 9.47 Å². The zero-order valence-electron chi connectivity index (χ0n) is 14.4. The molecule has 2 heterocycles. The smallest absolute Gasteiger partial charge is 0.128 e. The highest BCUT2D eigenvalue weighted by atomic mass is 16.5. The Kier molecular flexibility index (Phi) is 5.37. The fourth-order valence-corrected chi connectivity index (χ4v) is 3.17. The molecule has 0 saturated carbocycles. The van der Waals surface area contributed by atoms with Crippen LogP contribution in [0.4, 0.5) is 5.69 Å². The lowest BCUT2D eigenvalue weighted by Gasteiger charge is -2.31. The van der Waals surface area contributed by atoms with Gasteiger partial charge < -0.3 is 15.2 Å². The first-order valence-corrected chi connectivity index (χ1v) is 8.43. The van der Waals surface area contributed by atoms with Gasteiger partial charge in [0.1, 0.15) is 12.4 Å². The van der Waals surface area contributed by atoms with Gasteiger partial charge in [-0.1, -0.05) is 0 Å². The average Bonchev–Trinajstić information content (AvgIpc) is 3.02. The highest BCUT2D eigenvalue weighted by molar-refractivity contribution is 5.71. The van der Waals surface area contributed by atoms with Crippen molar-refractivity contribution in [3.63, 3.8) is 0 Å². The molecule has 0 amide bonds. The van der Waals surface area contributed by atoms with Gasteiger partial charge in [0.2, 0.25) is 0 Å². The SMILES string of the molecule is COC1CCN(CCOc2ccc(N)cc2-c2ccnn2C)CC1. The number of hydrogen-bond acceptors (Lipinski definition) is 5. The van der Waals surface area contributed by atoms with Crippen LogP contribution in [0.3, 0.4) is 0 Å². The van der Waals surface area contributed by atoms with E-state index >= 15 is 0 Å². The van der Waals surface area contributed by atoms with Gasteiger partial charge in [-0.3, -0.25) is 9.58 Å². The Labute approximate surface area is 143 Å².